The summed E-state index contributed by atoms with van der Waals surface area (Å²) in [6.45, 7) is 9.55. The maximum absolute atomic E-state index is 12.3. The Kier molecular flexibility index (Phi) is 8.76. The molecule has 6 nitrogen and oxygen atoms in total. The summed E-state index contributed by atoms with van der Waals surface area (Å²) in [4.78, 5) is 0.108. The second-order valence-electron chi connectivity index (χ2n) is 5.19. The zero-order chi connectivity index (χ0) is 18.9. The van der Waals surface area contributed by atoms with Gasteiger partial charge in [0.15, 0.2) is 0 Å². The first-order valence-electron chi connectivity index (χ1n) is 7.94. The molecular formula is C17H25O6PS. The fourth-order valence-electron chi connectivity index (χ4n) is 1.82. The summed E-state index contributed by atoms with van der Waals surface area (Å²) in [6, 6.07) is 6.41. The van der Waals surface area contributed by atoms with Crippen molar-refractivity contribution in [2.45, 2.75) is 32.1 Å². The van der Waals surface area contributed by atoms with E-state index in [1.807, 2.05) is 6.92 Å². The maximum atomic E-state index is 12.3. The van der Waals surface area contributed by atoms with Gasteiger partial charge in [0, 0.05) is 5.82 Å². The van der Waals surface area contributed by atoms with E-state index in [9.17, 15) is 13.0 Å². The van der Waals surface area contributed by atoms with Crippen molar-refractivity contribution in [3.05, 3.63) is 53.9 Å². The maximum Gasteiger partial charge on any atom is 0.354 e. The van der Waals surface area contributed by atoms with Crippen LogP contribution in [0.4, 0.5) is 0 Å². The van der Waals surface area contributed by atoms with E-state index < -0.39 is 17.7 Å². The van der Waals surface area contributed by atoms with Crippen LogP contribution in [0.2, 0.25) is 0 Å². The van der Waals surface area contributed by atoms with E-state index in [0.717, 1.165) is 5.56 Å². The van der Waals surface area contributed by atoms with Crippen LogP contribution < -0.4 is 0 Å². The normalized spacial score (nSPS) is 12.6. The largest absolute Gasteiger partial charge is 0.354 e. The van der Waals surface area contributed by atoms with Gasteiger partial charge < -0.3 is 9.05 Å². The molecule has 0 N–H and O–H groups in total. The van der Waals surface area contributed by atoms with Crippen molar-refractivity contribution in [2.75, 3.05) is 19.8 Å². The Bertz CT molecular complexity index is 727. The van der Waals surface area contributed by atoms with Gasteiger partial charge >= 0.3 is 7.60 Å². The second-order valence-corrected chi connectivity index (χ2v) is 8.70. The van der Waals surface area contributed by atoms with Crippen molar-refractivity contribution in [1.29, 1.82) is 0 Å². The van der Waals surface area contributed by atoms with Gasteiger partial charge in [-0.05, 0) is 39.3 Å². The standard InChI is InChI=1S/C17H25O6PS/c1-5-21-24(18,22-6-2)14-12-16(4)11-13-23-25(19,20)17-9-7-15(3)8-10-17/h7-10,12,14H,4-6,11,13H2,1-3H3. The second kappa shape index (κ2) is 10.0. The number of hydrogen-bond donors (Lipinski definition) is 0. The molecule has 0 saturated heterocycles. The molecule has 0 aromatic heterocycles. The molecule has 0 atom stereocenters. The molecule has 0 bridgehead atoms. The molecule has 140 valence electrons. The average Bonchev–Trinajstić information content (AvgIpc) is 2.54. The first kappa shape index (κ1) is 21.8. The lowest BCUT2D eigenvalue weighted by Crippen LogP contribution is -2.07. The summed E-state index contributed by atoms with van der Waals surface area (Å²) in [5.41, 5.74) is 1.52. The van der Waals surface area contributed by atoms with E-state index in [2.05, 4.69) is 6.58 Å². The van der Waals surface area contributed by atoms with Crippen LogP contribution in [0.25, 0.3) is 0 Å². The van der Waals surface area contributed by atoms with Crippen LogP contribution >= 0.6 is 7.60 Å². The van der Waals surface area contributed by atoms with Gasteiger partial charge in [0.2, 0.25) is 0 Å². The van der Waals surface area contributed by atoms with E-state index in [0.29, 0.717) is 5.57 Å². The van der Waals surface area contributed by atoms with E-state index in [4.69, 9.17) is 13.2 Å². The van der Waals surface area contributed by atoms with Gasteiger partial charge in [0.25, 0.3) is 10.1 Å². The molecule has 0 heterocycles. The number of hydrogen-bond acceptors (Lipinski definition) is 6. The van der Waals surface area contributed by atoms with Gasteiger partial charge in [-0.3, -0.25) is 8.75 Å². The van der Waals surface area contributed by atoms with Crippen molar-refractivity contribution in [2.24, 2.45) is 0 Å². The summed E-state index contributed by atoms with van der Waals surface area (Å²) >= 11 is 0. The highest BCUT2D eigenvalue weighted by molar-refractivity contribution is 7.86. The zero-order valence-electron chi connectivity index (χ0n) is 14.8. The summed E-state index contributed by atoms with van der Waals surface area (Å²) in [6.07, 6.45) is 1.77. The molecule has 0 radical (unpaired) electrons. The fraction of sp³-hybridized carbons (Fsp3) is 0.412. The van der Waals surface area contributed by atoms with Gasteiger partial charge in [-0.2, -0.15) is 8.42 Å². The molecule has 0 spiro atoms. The average molecular weight is 388 g/mol. The predicted octanol–water partition coefficient (Wildman–Crippen LogP) is 4.43. The minimum Gasteiger partial charge on any atom is -0.306 e. The number of benzene rings is 1. The van der Waals surface area contributed by atoms with Crippen LogP contribution in [0.3, 0.4) is 0 Å². The minimum absolute atomic E-state index is 0.0625. The topological polar surface area (TPSA) is 78.9 Å². The van der Waals surface area contributed by atoms with Gasteiger partial charge in [-0.1, -0.05) is 35.9 Å². The molecule has 0 amide bonds. The Morgan fingerprint density at radius 1 is 1.16 bits per heavy atom. The van der Waals surface area contributed by atoms with E-state index in [1.54, 1.807) is 26.0 Å². The predicted molar refractivity (Wildman–Crippen MR) is 98.1 cm³/mol. The van der Waals surface area contributed by atoms with E-state index in [-0.39, 0.29) is 31.1 Å². The lowest BCUT2D eigenvalue weighted by atomic mass is 10.2. The lowest BCUT2D eigenvalue weighted by Gasteiger charge is -2.12. The molecule has 25 heavy (non-hydrogen) atoms. The van der Waals surface area contributed by atoms with Crippen LogP contribution in [0.15, 0.2) is 53.2 Å². The van der Waals surface area contributed by atoms with E-state index >= 15 is 0 Å². The van der Waals surface area contributed by atoms with Crippen LogP contribution in [0.1, 0.15) is 25.8 Å². The third kappa shape index (κ3) is 7.67. The first-order chi connectivity index (χ1) is 11.7. The molecule has 1 rings (SSSR count). The molecule has 0 aliphatic rings. The summed E-state index contributed by atoms with van der Waals surface area (Å²) in [5, 5.41) is 0. The van der Waals surface area contributed by atoms with E-state index in [1.165, 1.54) is 24.0 Å². The van der Waals surface area contributed by atoms with Crippen molar-refractivity contribution in [3.8, 4) is 0 Å². The van der Waals surface area contributed by atoms with Crippen molar-refractivity contribution in [3.63, 3.8) is 0 Å². The first-order valence-corrected chi connectivity index (χ1v) is 11.0. The van der Waals surface area contributed by atoms with Gasteiger partial charge in [0.1, 0.15) is 0 Å². The Morgan fingerprint density at radius 2 is 1.72 bits per heavy atom. The van der Waals surface area contributed by atoms with Gasteiger partial charge in [-0.15, -0.1) is 0 Å². The summed E-state index contributed by atoms with van der Waals surface area (Å²) in [7, 11) is -7.09. The molecule has 0 saturated carbocycles. The summed E-state index contributed by atoms with van der Waals surface area (Å²) < 4.78 is 51.6. The van der Waals surface area contributed by atoms with Gasteiger partial charge in [-0.25, -0.2) is 0 Å². The van der Waals surface area contributed by atoms with Gasteiger partial charge in [0.05, 0.1) is 24.7 Å². The third-order valence-electron chi connectivity index (χ3n) is 3.08. The molecule has 0 fully saturated rings. The quantitative estimate of drug-likeness (QED) is 0.317. The smallest absolute Gasteiger partial charge is 0.306 e. The van der Waals surface area contributed by atoms with Crippen molar-refractivity contribution >= 4 is 17.7 Å². The molecule has 8 heteroatoms. The highest BCUT2D eigenvalue weighted by Gasteiger charge is 2.19. The molecule has 0 aliphatic heterocycles. The SMILES string of the molecule is C=C(C=CP(=O)(OCC)OCC)CCOS(=O)(=O)c1ccc(C)cc1. The molecule has 1 aromatic carbocycles. The van der Waals surface area contributed by atoms with Crippen LogP contribution in [0, 0.1) is 6.92 Å². The Balaban J connectivity index is 2.57. The number of rotatable bonds is 11. The number of aryl methyl sites for hydroxylation is 1. The Morgan fingerprint density at radius 3 is 2.24 bits per heavy atom. The highest BCUT2D eigenvalue weighted by Crippen LogP contribution is 2.49. The number of allylic oxidation sites excluding steroid dienone is 1. The molecule has 0 unspecified atom stereocenters. The summed E-state index contributed by atoms with van der Waals surface area (Å²) in [5.74, 6) is 1.33. The van der Waals surface area contributed by atoms with Crippen LogP contribution in [0.5, 0.6) is 0 Å². The molecular weight excluding hydrogens is 363 g/mol. The highest BCUT2D eigenvalue weighted by atomic mass is 32.2. The Hall–Kier alpha value is -1.24. The molecule has 0 aliphatic carbocycles. The third-order valence-corrected chi connectivity index (χ3v) is 6.16. The zero-order valence-corrected chi connectivity index (χ0v) is 16.5. The minimum atomic E-state index is -3.80. The van der Waals surface area contributed by atoms with Crippen molar-refractivity contribution < 1.29 is 26.2 Å². The monoisotopic (exact) mass is 388 g/mol. The van der Waals surface area contributed by atoms with Crippen LogP contribution in [-0.4, -0.2) is 28.2 Å². The Labute approximate surface area is 150 Å². The van der Waals surface area contributed by atoms with Crippen LogP contribution in [-0.2, 0) is 27.9 Å². The fourth-order valence-corrected chi connectivity index (χ4v) is 4.09. The molecule has 1 aromatic rings. The lowest BCUT2D eigenvalue weighted by molar-refractivity contribution is 0.229. The van der Waals surface area contributed by atoms with Crippen molar-refractivity contribution in [1.82, 2.24) is 0 Å².